The summed E-state index contributed by atoms with van der Waals surface area (Å²) >= 11 is 0. The van der Waals surface area contributed by atoms with Crippen LogP contribution in [-0.2, 0) is 17.9 Å². The number of aromatic nitrogens is 2. The van der Waals surface area contributed by atoms with Gasteiger partial charge in [-0.1, -0.05) is 35.9 Å². The Bertz CT molecular complexity index is 1780. The Morgan fingerprint density at radius 1 is 0.857 bits per heavy atom. The van der Waals surface area contributed by atoms with E-state index in [1.807, 2.05) is 80.3 Å². The summed E-state index contributed by atoms with van der Waals surface area (Å²) in [7, 11) is 0. The molecule has 1 N–H and O–H groups in total. The van der Waals surface area contributed by atoms with Crippen LogP contribution in [0.5, 0.6) is 11.5 Å². The number of ether oxygens (including phenoxy) is 2. The van der Waals surface area contributed by atoms with Crippen molar-refractivity contribution < 1.29 is 19.4 Å². The number of amides is 1. The van der Waals surface area contributed by atoms with Crippen molar-refractivity contribution in [1.29, 1.82) is 0 Å². The molecule has 0 unspecified atom stereocenters. The quantitative estimate of drug-likeness (QED) is 0.244. The second kappa shape index (κ2) is 15.9. The van der Waals surface area contributed by atoms with Crippen LogP contribution in [0.15, 0.2) is 71.5 Å². The van der Waals surface area contributed by atoms with Gasteiger partial charge >= 0.3 is 0 Å². The standard InChI is InChI=1S/C38H48N6O5/c1-28(2)49-35-13-10-30(25-41-16-14-40(15-17-41)22-23-45)24-34(35)44-36(39-33-7-5-4-6-32(33)38(44)47)26-42-18-20-43(21-19-42)37(46)27-48-31-11-8-29(3)9-12-31/h4-13,24,28,45H,14-23,25-27H2,1-3H3. The summed E-state index contributed by atoms with van der Waals surface area (Å²) in [6, 6.07) is 21.3. The Labute approximate surface area is 288 Å². The fraction of sp³-hybridized carbons (Fsp3) is 0.447. The number of β-amino-alcohol motifs (C(OH)–C–C–N with tert-alkyl or cyclic N) is 1. The van der Waals surface area contributed by atoms with Crippen molar-refractivity contribution in [2.24, 2.45) is 0 Å². The third-order valence-corrected chi connectivity index (χ3v) is 9.23. The molecule has 11 nitrogen and oxygen atoms in total. The van der Waals surface area contributed by atoms with Crippen molar-refractivity contribution in [2.45, 2.75) is 40.0 Å². The molecule has 260 valence electrons. The van der Waals surface area contributed by atoms with Crippen molar-refractivity contribution in [1.82, 2.24) is 29.2 Å². The van der Waals surface area contributed by atoms with Crippen LogP contribution >= 0.6 is 0 Å². The van der Waals surface area contributed by atoms with Crippen LogP contribution in [0.25, 0.3) is 16.6 Å². The summed E-state index contributed by atoms with van der Waals surface area (Å²) in [6.45, 7) is 14.1. The molecule has 6 rings (SSSR count). The highest BCUT2D eigenvalue weighted by molar-refractivity contribution is 5.78. The van der Waals surface area contributed by atoms with Gasteiger partial charge in [-0.05, 0) is 62.7 Å². The van der Waals surface area contributed by atoms with Crippen LogP contribution < -0.4 is 15.0 Å². The molecule has 2 aliphatic rings. The molecule has 0 radical (unpaired) electrons. The Hall–Kier alpha value is -4.29. The van der Waals surface area contributed by atoms with E-state index >= 15 is 0 Å². The van der Waals surface area contributed by atoms with E-state index in [1.54, 1.807) is 4.57 Å². The Kier molecular flexibility index (Phi) is 11.3. The van der Waals surface area contributed by atoms with Crippen LogP contribution in [0.3, 0.4) is 0 Å². The first-order valence-electron chi connectivity index (χ1n) is 17.3. The summed E-state index contributed by atoms with van der Waals surface area (Å²) < 4.78 is 13.8. The first-order chi connectivity index (χ1) is 23.8. The van der Waals surface area contributed by atoms with E-state index < -0.39 is 0 Å². The average molecular weight is 669 g/mol. The van der Waals surface area contributed by atoms with Gasteiger partial charge < -0.3 is 19.5 Å². The zero-order chi connectivity index (χ0) is 34.3. The molecule has 0 spiro atoms. The molecule has 2 fully saturated rings. The second-order valence-electron chi connectivity index (χ2n) is 13.3. The number of nitrogens with zero attached hydrogens (tertiary/aromatic N) is 6. The molecule has 3 heterocycles. The summed E-state index contributed by atoms with van der Waals surface area (Å²) in [5.74, 6) is 1.91. The van der Waals surface area contributed by atoms with Crippen molar-refractivity contribution in [3.8, 4) is 17.2 Å². The molecule has 0 aliphatic carbocycles. The third-order valence-electron chi connectivity index (χ3n) is 9.23. The molecule has 0 atom stereocenters. The number of fused-ring (bicyclic) bond motifs is 1. The van der Waals surface area contributed by atoms with E-state index in [2.05, 4.69) is 26.8 Å². The van der Waals surface area contributed by atoms with Gasteiger partial charge in [0.2, 0.25) is 0 Å². The fourth-order valence-corrected chi connectivity index (χ4v) is 6.52. The molecule has 2 aliphatic heterocycles. The number of aliphatic hydroxyl groups is 1. The van der Waals surface area contributed by atoms with Crippen molar-refractivity contribution in [3.05, 3.63) is 94.0 Å². The van der Waals surface area contributed by atoms with Gasteiger partial charge in [-0.2, -0.15) is 0 Å². The lowest BCUT2D eigenvalue weighted by molar-refractivity contribution is -0.135. The predicted octanol–water partition coefficient (Wildman–Crippen LogP) is 3.31. The minimum Gasteiger partial charge on any atom is -0.489 e. The second-order valence-corrected chi connectivity index (χ2v) is 13.3. The lowest BCUT2D eigenvalue weighted by atomic mass is 10.1. The number of benzene rings is 3. The van der Waals surface area contributed by atoms with Gasteiger partial charge in [0.25, 0.3) is 11.5 Å². The lowest BCUT2D eigenvalue weighted by Crippen LogP contribution is -2.50. The molecule has 49 heavy (non-hydrogen) atoms. The monoisotopic (exact) mass is 668 g/mol. The highest BCUT2D eigenvalue weighted by atomic mass is 16.5. The smallest absolute Gasteiger partial charge is 0.266 e. The van der Waals surface area contributed by atoms with E-state index in [0.29, 0.717) is 73.2 Å². The molecule has 11 heteroatoms. The van der Waals surface area contributed by atoms with Gasteiger partial charge in [0, 0.05) is 65.4 Å². The molecule has 0 bridgehead atoms. The Balaban J connectivity index is 1.23. The number of rotatable bonds is 12. The van der Waals surface area contributed by atoms with Crippen LogP contribution in [0, 0.1) is 6.92 Å². The Morgan fingerprint density at radius 2 is 1.53 bits per heavy atom. The topological polar surface area (TPSA) is 104 Å². The molecular formula is C38H48N6O5. The maximum absolute atomic E-state index is 14.3. The predicted molar refractivity (Wildman–Crippen MR) is 190 cm³/mol. The zero-order valence-corrected chi connectivity index (χ0v) is 28.9. The minimum absolute atomic E-state index is 0.00213. The van der Waals surface area contributed by atoms with Gasteiger partial charge in [0.15, 0.2) is 6.61 Å². The molecular weight excluding hydrogens is 620 g/mol. The molecule has 3 aromatic carbocycles. The maximum Gasteiger partial charge on any atom is 0.266 e. The van der Waals surface area contributed by atoms with Gasteiger partial charge in [-0.25, -0.2) is 4.98 Å². The van der Waals surface area contributed by atoms with Crippen LogP contribution in [0.4, 0.5) is 0 Å². The number of hydrogen-bond acceptors (Lipinski definition) is 9. The number of hydrogen-bond donors (Lipinski definition) is 1. The van der Waals surface area contributed by atoms with E-state index in [0.717, 1.165) is 43.9 Å². The number of para-hydroxylation sites is 1. The van der Waals surface area contributed by atoms with Crippen molar-refractivity contribution in [2.75, 3.05) is 72.1 Å². The average Bonchev–Trinajstić information content (AvgIpc) is 3.10. The van der Waals surface area contributed by atoms with Gasteiger partial charge in [-0.3, -0.25) is 28.9 Å². The van der Waals surface area contributed by atoms with Crippen molar-refractivity contribution >= 4 is 16.8 Å². The summed E-state index contributed by atoms with van der Waals surface area (Å²) in [4.78, 5) is 41.1. The zero-order valence-electron chi connectivity index (χ0n) is 28.9. The normalized spacial score (nSPS) is 16.4. The summed E-state index contributed by atoms with van der Waals surface area (Å²) in [5, 5.41) is 9.89. The SMILES string of the molecule is Cc1ccc(OCC(=O)N2CCN(Cc3nc4ccccc4c(=O)n3-c3cc(CN4CCN(CCO)CC4)ccc3OC(C)C)CC2)cc1. The number of piperazine rings is 2. The first kappa shape index (κ1) is 34.6. The number of carbonyl (C=O) groups is 1. The summed E-state index contributed by atoms with van der Waals surface area (Å²) in [5.41, 5.74) is 3.44. The first-order valence-corrected chi connectivity index (χ1v) is 17.3. The number of carbonyl (C=O) groups excluding carboxylic acids is 1. The van der Waals surface area contributed by atoms with E-state index in [-0.39, 0.29) is 30.8 Å². The van der Waals surface area contributed by atoms with E-state index in [1.165, 1.54) is 0 Å². The van der Waals surface area contributed by atoms with Gasteiger partial charge in [0.1, 0.15) is 17.3 Å². The minimum atomic E-state index is -0.133. The number of aliphatic hydroxyl groups excluding tert-OH is 1. The number of aryl methyl sites for hydroxylation is 1. The largest absolute Gasteiger partial charge is 0.489 e. The lowest BCUT2D eigenvalue weighted by Gasteiger charge is -2.35. The van der Waals surface area contributed by atoms with Crippen LogP contribution in [0.2, 0.25) is 0 Å². The van der Waals surface area contributed by atoms with E-state index in [9.17, 15) is 14.7 Å². The molecule has 0 saturated carbocycles. The molecule has 1 aromatic heterocycles. The Morgan fingerprint density at radius 3 is 2.24 bits per heavy atom. The highest BCUT2D eigenvalue weighted by Gasteiger charge is 2.25. The maximum atomic E-state index is 14.3. The van der Waals surface area contributed by atoms with Crippen LogP contribution in [-0.4, -0.2) is 118 Å². The highest BCUT2D eigenvalue weighted by Crippen LogP contribution is 2.28. The fourth-order valence-electron chi connectivity index (χ4n) is 6.52. The summed E-state index contributed by atoms with van der Waals surface area (Å²) in [6.07, 6.45) is -0.0858. The van der Waals surface area contributed by atoms with Gasteiger partial charge in [-0.15, -0.1) is 0 Å². The van der Waals surface area contributed by atoms with Gasteiger partial charge in [0.05, 0.1) is 35.8 Å². The molecule has 1 amide bonds. The molecule has 2 saturated heterocycles. The third kappa shape index (κ3) is 8.66. The van der Waals surface area contributed by atoms with E-state index in [4.69, 9.17) is 14.5 Å². The van der Waals surface area contributed by atoms with Crippen LogP contribution in [0.1, 0.15) is 30.8 Å². The van der Waals surface area contributed by atoms with Crippen molar-refractivity contribution in [3.63, 3.8) is 0 Å². The molecule has 4 aromatic rings.